The molecule has 0 aliphatic rings. The largest absolute Gasteiger partial charge is 0.326 e. The fourth-order valence-electron chi connectivity index (χ4n) is 2.61. The van der Waals surface area contributed by atoms with Gasteiger partial charge in [-0.15, -0.1) is 6.42 Å². The van der Waals surface area contributed by atoms with Crippen LogP contribution in [0.2, 0.25) is 0 Å². The smallest absolute Gasteiger partial charge is 0.252 e. The van der Waals surface area contributed by atoms with Crippen molar-refractivity contribution < 1.29 is 32.7 Å². The molecule has 0 amide bonds. The van der Waals surface area contributed by atoms with E-state index in [2.05, 4.69) is 59.6 Å². The second-order valence-electron chi connectivity index (χ2n) is 4.92. The number of benzene rings is 1. The molecule has 0 N–H and O–H groups in total. The summed E-state index contributed by atoms with van der Waals surface area (Å²) >= 11 is 0. The van der Waals surface area contributed by atoms with Crippen molar-refractivity contribution in [3.63, 3.8) is 0 Å². The number of hydrogen-bond donors (Lipinski definition) is 0. The standard InChI is InChI=1S/C16H17N4.Y/c1-4-7-14-15(13-9-6-5-8-11(13)2)12(3)19-16-17-10-18-20(14)16;/h4-6,8-10H,7H2,1-3H3;/q-1;. The molecule has 0 saturated heterocycles. The third-order valence-corrected chi connectivity index (χ3v) is 3.52. The van der Waals surface area contributed by atoms with Crippen LogP contribution in [0.4, 0.5) is 0 Å². The second kappa shape index (κ2) is 6.76. The number of aromatic nitrogens is 4. The summed E-state index contributed by atoms with van der Waals surface area (Å²) in [6.07, 6.45) is 4.53. The van der Waals surface area contributed by atoms with E-state index in [1.807, 2.05) is 11.4 Å². The molecular weight excluding hydrogens is 337 g/mol. The molecule has 0 saturated carbocycles. The van der Waals surface area contributed by atoms with Crippen LogP contribution in [-0.4, -0.2) is 19.6 Å². The number of nitrogens with zero attached hydrogens (tertiary/aromatic N) is 4. The van der Waals surface area contributed by atoms with Crippen LogP contribution < -0.4 is 0 Å². The van der Waals surface area contributed by atoms with Gasteiger partial charge in [-0.1, -0.05) is 24.3 Å². The van der Waals surface area contributed by atoms with Gasteiger partial charge in [0.25, 0.3) is 5.78 Å². The third-order valence-electron chi connectivity index (χ3n) is 3.52. The zero-order valence-electron chi connectivity index (χ0n) is 12.5. The van der Waals surface area contributed by atoms with Gasteiger partial charge in [-0.2, -0.15) is 17.0 Å². The van der Waals surface area contributed by atoms with Crippen molar-refractivity contribution in [1.29, 1.82) is 0 Å². The number of hydrogen-bond acceptors (Lipinski definition) is 3. The van der Waals surface area contributed by atoms with Crippen molar-refractivity contribution in [3.8, 4) is 11.1 Å². The maximum Gasteiger partial charge on any atom is 0.252 e. The summed E-state index contributed by atoms with van der Waals surface area (Å²) in [4.78, 5) is 8.78. The summed E-state index contributed by atoms with van der Waals surface area (Å²) in [7, 11) is 0. The maximum absolute atomic E-state index is 4.57. The molecule has 3 aromatic rings. The van der Waals surface area contributed by atoms with Gasteiger partial charge in [0.1, 0.15) is 6.33 Å². The second-order valence-corrected chi connectivity index (χ2v) is 4.92. The minimum Gasteiger partial charge on any atom is -0.326 e. The number of aryl methyl sites for hydroxylation is 2. The maximum atomic E-state index is 4.57. The van der Waals surface area contributed by atoms with Crippen LogP contribution in [0.3, 0.4) is 0 Å². The molecule has 105 valence electrons. The molecule has 0 aliphatic heterocycles. The molecule has 0 spiro atoms. The molecule has 2 aromatic heterocycles. The Bertz CT molecular complexity index is 764. The molecule has 0 bridgehead atoms. The summed E-state index contributed by atoms with van der Waals surface area (Å²) < 4.78 is 1.84. The molecule has 4 nitrogen and oxygen atoms in total. The van der Waals surface area contributed by atoms with Gasteiger partial charge in [-0.05, 0) is 25.0 Å². The third kappa shape index (κ3) is 2.92. The van der Waals surface area contributed by atoms with Crippen LogP contribution in [0.15, 0.2) is 30.6 Å². The molecule has 21 heavy (non-hydrogen) atoms. The molecule has 2 heterocycles. The summed E-state index contributed by atoms with van der Waals surface area (Å²) in [5.41, 5.74) is 5.76. The van der Waals surface area contributed by atoms with Gasteiger partial charge in [0.05, 0.1) is 5.69 Å². The Kier molecular flexibility index (Phi) is 5.23. The van der Waals surface area contributed by atoms with Crippen molar-refractivity contribution >= 4 is 5.78 Å². The zero-order chi connectivity index (χ0) is 14.1. The average molecular weight is 354 g/mol. The fraction of sp³-hybridized carbons (Fsp3) is 0.250. The van der Waals surface area contributed by atoms with E-state index in [9.17, 15) is 0 Å². The van der Waals surface area contributed by atoms with E-state index >= 15 is 0 Å². The van der Waals surface area contributed by atoms with Crippen LogP contribution >= 0.6 is 0 Å². The van der Waals surface area contributed by atoms with Crippen LogP contribution in [0.5, 0.6) is 0 Å². The summed E-state index contributed by atoms with van der Waals surface area (Å²) in [6, 6.07) is 8.38. The zero-order valence-corrected chi connectivity index (χ0v) is 15.4. The Labute approximate surface area is 149 Å². The SMILES string of the molecule is C[CH-]Cc1c(-c2ccccc2C)c(C)nc2ncnn12.[Y]. The molecule has 3 rings (SSSR count). The van der Waals surface area contributed by atoms with Crippen molar-refractivity contribution in [2.45, 2.75) is 27.2 Å². The molecule has 0 aliphatic carbocycles. The quantitative estimate of drug-likeness (QED) is 0.679. The molecule has 1 aromatic carbocycles. The normalized spacial score (nSPS) is 10.6. The molecule has 0 fully saturated rings. The van der Waals surface area contributed by atoms with E-state index in [0.717, 1.165) is 17.8 Å². The monoisotopic (exact) mass is 354 g/mol. The number of fused-ring (bicyclic) bond motifs is 1. The Hall–Kier alpha value is -1.13. The van der Waals surface area contributed by atoms with E-state index in [4.69, 9.17) is 0 Å². The van der Waals surface area contributed by atoms with E-state index in [0.29, 0.717) is 5.78 Å². The Morgan fingerprint density at radius 3 is 2.67 bits per heavy atom. The van der Waals surface area contributed by atoms with Gasteiger partial charge in [0.2, 0.25) is 0 Å². The minimum atomic E-state index is 0. The van der Waals surface area contributed by atoms with Crippen molar-refractivity contribution in [1.82, 2.24) is 19.6 Å². The first-order chi connectivity index (χ1) is 9.72. The van der Waals surface area contributed by atoms with Gasteiger partial charge in [0.15, 0.2) is 0 Å². The predicted octanol–water partition coefficient (Wildman–Crippen LogP) is 3.17. The Morgan fingerprint density at radius 1 is 1.19 bits per heavy atom. The first kappa shape index (κ1) is 16.2. The van der Waals surface area contributed by atoms with Gasteiger partial charge < -0.3 is 6.42 Å². The number of rotatable bonds is 3. The van der Waals surface area contributed by atoms with Gasteiger partial charge in [-0.3, -0.25) is 0 Å². The van der Waals surface area contributed by atoms with E-state index < -0.39 is 0 Å². The summed E-state index contributed by atoms with van der Waals surface area (Å²) in [6.45, 7) is 6.22. The van der Waals surface area contributed by atoms with Crippen LogP contribution in [-0.2, 0) is 39.1 Å². The fourth-order valence-corrected chi connectivity index (χ4v) is 2.61. The Morgan fingerprint density at radius 2 is 1.95 bits per heavy atom. The first-order valence-corrected chi connectivity index (χ1v) is 6.75. The van der Waals surface area contributed by atoms with Gasteiger partial charge >= 0.3 is 0 Å². The van der Waals surface area contributed by atoms with Gasteiger partial charge in [-0.25, -0.2) is 9.50 Å². The minimum absolute atomic E-state index is 0. The van der Waals surface area contributed by atoms with Crippen molar-refractivity contribution in [2.24, 2.45) is 0 Å². The molecule has 0 atom stereocenters. The Balaban J connectivity index is 0.00000161. The molecular formula is C16H17N4Y-. The van der Waals surface area contributed by atoms with E-state index in [-0.39, 0.29) is 32.7 Å². The predicted molar refractivity (Wildman–Crippen MR) is 79.4 cm³/mol. The average Bonchev–Trinajstić information content (AvgIpc) is 2.88. The molecule has 0 unspecified atom stereocenters. The van der Waals surface area contributed by atoms with Crippen molar-refractivity contribution in [3.05, 3.63) is 54.0 Å². The molecule has 5 heteroatoms. The van der Waals surface area contributed by atoms with Gasteiger partial charge in [0, 0.05) is 44.0 Å². The van der Waals surface area contributed by atoms with E-state index in [1.165, 1.54) is 16.7 Å². The summed E-state index contributed by atoms with van der Waals surface area (Å²) in [5, 5.41) is 4.32. The van der Waals surface area contributed by atoms with E-state index in [1.54, 1.807) is 6.33 Å². The topological polar surface area (TPSA) is 43.1 Å². The summed E-state index contributed by atoms with van der Waals surface area (Å²) in [5.74, 6) is 0.664. The van der Waals surface area contributed by atoms with Crippen molar-refractivity contribution in [2.75, 3.05) is 0 Å². The first-order valence-electron chi connectivity index (χ1n) is 6.75. The van der Waals surface area contributed by atoms with Crippen LogP contribution in [0, 0.1) is 20.3 Å². The molecule has 1 radical (unpaired) electrons. The van der Waals surface area contributed by atoms with Crippen LogP contribution in [0.1, 0.15) is 23.9 Å². The van der Waals surface area contributed by atoms with Crippen LogP contribution in [0.25, 0.3) is 16.9 Å².